The molecular weight excluding hydrogens is 172 g/mol. The van der Waals surface area contributed by atoms with Crippen LogP contribution in [0.4, 0.5) is 5.69 Å². The van der Waals surface area contributed by atoms with Crippen molar-refractivity contribution in [2.75, 3.05) is 5.32 Å². The molecule has 74 valence electrons. The summed E-state index contributed by atoms with van der Waals surface area (Å²) in [5, 5.41) is 3.25. The van der Waals surface area contributed by atoms with Crippen LogP contribution in [-0.2, 0) is 0 Å². The average molecular weight is 188 g/mol. The van der Waals surface area contributed by atoms with Gasteiger partial charge in [-0.25, -0.2) is 0 Å². The van der Waals surface area contributed by atoms with Gasteiger partial charge in [0.25, 0.3) is 0 Å². The molecule has 1 aromatic rings. The highest BCUT2D eigenvalue weighted by Crippen LogP contribution is 2.11. The maximum Gasteiger partial charge on any atom is 0.0571 e. The molecule has 0 heterocycles. The minimum absolute atomic E-state index is 0.761. The fraction of sp³-hybridized carbons (Fsp3) is 0.167. The van der Waals surface area contributed by atoms with Crippen molar-refractivity contribution in [1.82, 2.24) is 0 Å². The van der Waals surface area contributed by atoms with Crippen molar-refractivity contribution in [2.45, 2.75) is 13.8 Å². The van der Waals surface area contributed by atoms with Crippen LogP contribution in [0.1, 0.15) is 13.8 Å². The molecule has 2 heteroatoms. The summed E-state index contributed by atoms with van der Waals surface area (Å²) in [6.07, 6.45) is 3.84. The Morgan fingerprint density at radius 2 is 1.79 bits per heavy atom. The average Bonchev–Trinajstić information content (AvgIpc) is 2.26. The molecule has 0 saturated carbocycles. The molecule has 0 aliphatic heterocycles. The Morgan fingerprint density at radius 3 is 2.29 bits per heavy atom. The fourth-order valence-electron chi connectivity index (χ4n) is 1.14. The highest BCUT2D eigenvalue weighted by molar-refractivity contribution is 5.52. The van der Waals surface area contributed by atoms with Crippen LogP contribution in [0.5, 0.6) is 0 Å². The Kier molecular flexibility index (Phi) is 3.80. The standard InChI is InChI=1S/C12H16N2/c1-3-11(13)12(4-2)14-10-8-6-5-7-9-10/h3-9,14H,13H2,1-2H3/b11-3+,12-4+. The van der Waals surface area contributed by atoms with E-state index in [-0.39, 0.29) is 0 Å². The molecule has 0 amide bonds. The molecule has 0 aliphatic carbocycles. The minimum atomic E-state index is 0.761. The van der Waals surface area contributed by atoms with Gasteiger partial charge in [0.15, 0.2) is 0 Å². The Hall–Kier alpha value is -1.70. The van der Waals surface area contributed by atoms with Crippen LogP contribution in [0.2, 0.25) is 0 Å². The maximum absolute atomic E-state index is 5.81. The van der Waals surface area contributed by atoms with Crippen LogP contribution in [0.15, 0.2) is 53.9 Å². The summed E-state index contributed by atoms with van der Waals surface area (Å²) in [5.41, 5.74) is 8.56. The molecule has 0 bridgehead atoms. The lowest BCUT2D eigenvalue weighted by Crippen LogP contribution is -2.08. The molecule has 1 rings (SSSR count). The lowest BCUT2D eigenvalue weighted by Gasteiger charge is -2.10. The van der Waals surface area contributed by atoms with E-state index in [1.54, 1.807) is 0 Å². The molecule has 0 fully saturated rings. The largest absolute Gasteiger partial charge is 0.397 e. The first-order chi connectivity index (χ1) is 6.77. The lowest BCUT2D eigenvalue weighted by atomic mass is 10.2. The van der Waals surface area contributed by atoms with E-state index in [2.05, 4.69) is 5.32 Å². The lowest BCUT2D eigenvalue weighted by molar-refractivity contribution is 1.26. The van der Waals surface area contributed by atoms with E-state index in [1.165, 1.54) is 0 Å². The Labute approximate surface area is 85.1 Å². The van der Waals surface area contributed by atoms with Crippen LogP contribution in [0.25, 0.3) is 0 Å². The number of rotatable bonds is 3. The summed E-state index contributed by atoms with van der Waals surface area (Å²) in [6.45, 7) is 3.88. The van der Waals surface area contributed by atoms with Gasteiger partial charge in [-0.15, -0.1) is 0 Å². The normalized spacial score (nSPS) is 12.7. The number of anilines is 1. The van der Waals surface area contributed by atoms with Gasteiger partial charge in [-0.3, -0.25) is 0 Å². The third kappa shape index (κ3) is 2.66. The summed E-state index contributed by atoms with van der Waals surface area (Å²) in [4.78, 5) is 0. The van der Waals surface area contributed by atoms with E-state index in [1.807, 2.05) is 56.3 Å². The summed E-state index contributed by atoms with van der Waals surface area (Å²) in [7, 11) is 0. The molecule has 3 N–H and O–H groups in total. The second-order valence-corrected chi connectivity index (χ2v) is 2.94. The zero-order chi connectivity index (χ0) is 10.4. The molecule has 0 spiro atoms. The molecule has 0 atom stereocenters. The van der Waals surface area contributed by atoms with E-state index in [0.29, 0.717) is 0 Å². The monoisotopic (exact) mass is 188 g/mol. The minimum Gasteiger partial charge on any atom is -0.397 e. The predicted octanol–water partition coefficient (Wildman–Crippen LogP) is 2.86. The van der Waals surface area contributed by atoms with Gasteiger partial charge in [0, 0.05) is 5.69 Å². The van der Waals surface area contributed by atoms with E-state index >= 15 is 0 Å². The van der Waals surface area contributed by atoms with Crippen molar-refractivity contribution in [3.8, 4) is 0 Å². The Morgan fingerprint density at radius 1 is 1.14 bits per heavy atom. The summed E-state index contributed by atoms with van der Waals surface area (Å²) < 4.78 is 0. The molecule has 0 saturated heterocycles. The predicted molar refractivity (Wildman–Crippen MR) is 61.8 cm³/mol. The fourth-order valence-corrected chi connectivity index (χ4v) is 1.14. The first-order valence-corrected chi connectivity index (χ1v) is 4.68. The number of nitrogens with one attached hydrogen (secondary N) is 1. The third-order valence-corrected chi connectivity index (χ3v) is 1.96. The van der Waals surface area contributed by atoms with Crippen LogP contribution in [0.3, 0.4) is 0 Å². The molecular formula is C12H16N2. The molecule has 0 aliphatic rings. The molecule has 1 aromatic carbocycles. The van der Waals surface area contributed by atoms with Gasteiger partial charge in [-0.05, 0) is 26.0 Å². The van der Waals surface area contributed by atoms with Gasteiger partial charge in [0.05, 0.1) is 11.4 Å². The first-order valence-electron chi connectivity index (χ1n) is 4.68. The van der Waals surface area contributed by atoms with Gasteiger partial charge in [-0.2, -0.15) is 0 Å². The zero-order valence-electron chi connectivity index (χ0n) is 8.62. The smallest absolute Gasteiger partial charge is 0.0571 e. The highest BCUT2D eigenvalue weighted by atomic mass is 14.9. The summed E-state index contributed by atoms with van der Waals surface area (Å²) >= 11 is 0. The van der Waals surface area contributed by atoms with Gasteiger partial charge in [0.2, 0.25) is 0 Å². The van der Waals surface area contributed by atoms with Crippen molar-refractivity contribution in [1.29, 1.82) is 0 Å². The van der Waals surface area contributed by atoms with Crippen molar-refractivity contribution < 1.29 is 0 Å². The number of nitrogens with two attached hydrogens (primary N) is 1. The first kappa shape index (κ1) is 10.4. The second kappa shape index (κ2) is 5.12. The van der Waals surface area contributed by atoms with E-state index < -0.39 is 0 Å². The maximum atomic E-state index is 5.81. The highest BCUT2D eigenvalue weighted by Gasteiger charge is 1.98. The van der Waals surface area contributed by atoms with Gasteiger partial charge >= 0.3 is 0 Å². The van der Waals surface area contributed by atoms with E-state index in [9.17, 15) is 0 Å². The van der Waals surface area contributed by atoms with Crippen LogP contribution < -0.4 is 11.1 Å². The quantitative estimate of drug-likeness (QED) is 0.716. The topological polar surface area (TPSA) is 38.0 Å². The van der Waals surface area contributed by atoms with Crippen LogP contribution in [-0.4, -0.2) is 0 Å². The summed E-state index contributed by atoms with van der Waals surface area (Å²) in [6, 6.07) is 9.97. The van der Waals surface area contributed by atoms with Crippen molar-refractivity contribution in [3.05, 3.63) is 53.9 Å². The van der Waals surface area contributed by atoms with E-state index in [0.717, 1.165) is 17.1 Å². The van der Waals surface area contributed by atoms with Gasteiger partial charge in [0.1, 0.15) is 0 Å². The van der Waals surface area contributed by atoms with Crippen LogP contribution in [0, 0.1) is 0 Å². The third-order valence-electron chi connectivity index (χ3n) is 1.96. The Bertz CT molecular complexity index is 337. The molecule has 0 aromatic heterocycles. The zero-order valence-corrected chi connectivity index (χ0v) is 8.62. The summed E-state index contributed by atoms with van der Waals surface area (Å²) in [5.74, 6) is 0. The SMILES string of the molecule is C/C=C(N)\C(=C/C)Nc1ccccc1. The number of benzene rings is 1. The number of hydrogen-bond donors (Lipinski definition) is 2. The second-order valence-electron chi connectivity index (χ2n) is 2.94. The van der Waals surface area contributed by atoms with Crippen LogP contribution >= 0.6 is 0 Å². The van der Waals surface area contributed by atoms with Gasteiger partial charge < -0.3 is 11.1 Å². The molecule has 0 radical (unpaired) electrons. The Balaban J connectivity index is 2.78. The number of allylic oxidation sites excluding steroid dienone is 2. The van der Waals surface area contributed by atoms with Crippen molar-refractivity contribution in [2.24, 2.45) is 5.73 Å². The molecule has 2 nitrogen and oxygen atoms in total. The number of hydrogen-bond acceptors (Lipinski definition) is 2. The number of para-hydroxylation sites is 1. The van der Waals surface area contributed by atoms with Gasteiger partial charge in [-0.1, -0.05) is 30.4 Å². The molecule has 0 unspecified atom stereocenters. The van der Waals surface area contributed by atoms with Crippen molar-refractivity contribution in [3.63, 3.8) is 0 Å². The molecule has 14 heavy (non-hydrogen) atoms. The van der Waals surface area contributed by atoms with Crippen molar-refractivity contribution >= 4 is 5.69 Å². The van der Waals surface area contributed by atoms with E-state index in [4.69, 9.17) is 5.73 Å².